The Bertz CT molecular complexity index is 761. The lowest BCUT2D eigenvalue weighted by Gasteiger charge is -2.05. The lowest BCUT2D eigenvalue weighted by Crippen LogP contribution is -2.12. The molecule has 2 rings (SSSR count). The van der Waals surface area contributed by atoms with Crippen molar-refractivity contribution >= 4 is 23.0 Å². The van der Waals surface area contributed by atoms with Crippen LogP contribution in [0, 0.1) is 26.0 Å². The van der Waals surface area contributed by atoms with E-state index in [1.165, 1.54) is 18.2 Å². The van der Waals surface area contributed by atoms with Gasteiger partial charge < -0.3 is 5.32 Å². The maximum Gasteiger partial charge on any atom is 0.348 e. The number of rotatable bonds is 4. The van der Waals surface area contributed by atoms with Crippen molar-refractivity contribution in [2.75, 3.05) is 5.32 Å². The minimum atomic E-state index is -0.911. The van der Waals surface area contributed by atoms with E-state index in [2.05, 4.69) is 5.32 Å². The van der Waals surface area contributed by atoms with Gasteiger partial charge in [-0.25, -0.2) is 4.39 Å². The van der Waals surface area contributed by atoms with E-state index in [1.807, 2.05) is 0 Å². The molecule has 1 amide bonds. The molecule has 0 aliphatic rings. The number of nitrogens with one attached hydrogen (secondary N) is 1. The normalized spacial score (nSPS) is 10.0. The molecule has 1 N–H and O–H groups in total. The van der Waals surface area contributed by atoms with E-state index in [-0.39, 0.29) is 11.3 Å². The van der Waals surface area contributed by atoms with E-state index in [0.717, 1.165) is 24.3 Å². The first kappa shape index (κ1) is 15.0. The zero-order valence-electron chi connectivity index (χ0n) is 10.9. The molecule has 0 bridgehead atoms. The number of carbonyl (C=O) groups excluding carboxylic acids is 1. The van der Waals surface area contributed by atoms with E-state index in [1.54, 1.807) is 0 Å². The average Bonchev–Trinajstić information content (AvgIpc) is 2.47. The lowest BCUT2D eigenvalue weighted by molar-refractivity contribution is -0.422. The molecule has 22 heavy (non-hydrogen) atoms. The van der Waals surface area contributed by atoms with Crippen LogP contribution in [0.5, 0.6) is 0 Å². The van der Waals surface area contributed by atoms with Gasteiger partial charge in [0, 0.05) is 23.4 Å². The summed E-state index contributed by atoms with van der Waals surface area (Å²) in [6.45, 7) is 0. The number of nitro benzene ring substituents is 2. The number of hydrogen-bond donors (Lipinski definition) is 1. The van der Waals surface area contributed by atoms with Gasteiger partial charge in [0.1, 0.15) is 5.82 Å². The summed E-state index contributed by atoms with van der Waals surface area (Å²) in [5.74, 6) is -1.13. The van der Waals surface area contributed by atoms with Gasteiger partial charge in [-0.3, -0.25) is 25.0 Å². The quantitative estimate of drug-likeness (QED) is 0.688. The van der Waals surface area contributed by atoms with Gasteiger partial charge in [-0.05, 0) is 30.3 Å². The summed E-state index contributed by atoms with van der Waals surface area (Å²) in [5, 5.41) is 23.9. The van der Waals surface area contributed by atoms with Gasteiger partial charge in [-0.15, -0.1) is 0 Å². The topological polar surface area (TPSA) is 115 Å². The van der Waals surface area contributed by atoms with Gasteiger partial charge in [0.25, 0.3) is 5.91 Å². The average molecular weight is 305 g/mol. The summed E-state index contributed by atoms with van der Waals surface area (Å²) in [5.41, 5.74) is -1.25. The van der Waals surface area contributed by atoms with Crippen molar-refractivity contribution in [3.05, 3.63) is 74.1 Å². The molecule has 0 atom stereocenters. The summed E-state index contributed by atoms with van der Waals surface area (Å²) in [7, 11) is 0. The predicted octanol–water partition coefficient (Wildman–Crippen LogP) is 2.89. The molecule has 112 valence electrons. The van der Waals surface area contributed by atoms with E-state index in [4.69, 9.17) is 0 Å². The van der Waals surface area contributed by atoms with Crippen molar-refractivity contribution in [2.45, 2.75) is 0 Å². The fourth-order valence-corrected chi connectivity index (χ4v) is 1.71. The number of amides is 1. The molecule has 0 fully saturated rings. The van der Waals surface area contributed by atoms with Crippen LogP contribution >= 0.6 is 0 Å². The molecule has 0 aliphatic heterocycles. The first-order valence-corrected chi connectivity index (χ1v) is 5.88. The molecular formula is C13H8FN3O5. The monoisotopic (exact) mass is 305 g/mol. The summed E-state index contributed by atoms with van der Waals surface area (Å²) in [6.07, 6.45) is 0. The molecule has 0 unspecified atom stereocenters. The number of halogens is 1. The highest BCUT2D eigenvalue weighted by molar-refractivity contribution is 6.04. The third kappa shape index (κ3) is 3.20. The zero-order valence-corrected chi connectivity index (χ0v) is 10.9. The van der Waals surface area contributed by atoms with Crippen LogP contribution in [0.2, 0.25) is 0 Å². The second kappa shape index (κ2) is 5.95. The highest BCUT2D eigenvalue weighted by Gasteiger charge is 2.24. The van der Waals surface area contributed by atoms with Crippen LogP contribution in [0.15, 0.2) is 42.5 Å². The fraction of sp³-hybridized carbons (Fsp3) is 0. The van der Waals surface area contributed by atoms with Crippen LogP contribution in [0.3, 0.4) is 0 Å². The Morgan fingerprint density at radius 3 is 2.09 bits per heavy atom. The summed E-state index contributed by atoms with van der Waals surface area (Å²) in [4.78, 5) is 31.6. The van der Waals surface area contributed by atoms with Crippen LogP contribution in [0.4, 0.5) is 21.5 Å². The molecule has 2 aromatic rings. The third-order valence-electron chi connectivity index (χ3n) is 2.73. The largest absolute Gasteiger partial charge is 0.348 e. The van der Waals surface area contributed by atoms with E-state index < -0.39 is 32.9 Å². The predicted molar refractivity (Wildman–Crippen MR) is 74.1 cm³/mol. The van der Waals surface area contributed by atoms with Crippen molar-refractivity contribution in [2.24, 2.45) is 0 Å². The molecule has 0 aromatic heterocycles. The Morgan fingerprint density at radius 2 is 1.55 bits per heavy atom. The first-order chi connectivity index (χ1) is 10.4. The zero-order chi connectivity index (χ0) is 16.3. The number of benzene rings is 2. The van der Waals surface area contributed by atoms with Crippen molar-refractivity contribution in [3.63, 3.8) is 0 Å². The van der Waals surface area contributed by atoms with E-state index in [0.29, 0.717) is 0 Å². The maximum atomic E-state index is 12.8. The Morgan fingerprint density at radius 1 is 0.955 bits per heavy atom. The van der Waals surface area contributed by atoms with Gasteiger partial charge in [-0.1, -0.05) is 0 Å². The SMILES string of the molecule is O=C(Nc1ccc([N+](=O)[O-])c([N+](=O)[O-])c1)c1ccc(F)cc1. The molecule has 2 aromatic carbocycles. The maximum absolute atomic E-state index is 12.8. The second-order valence-electron chi connectivity index (χ2n) is 4.18. The summed E-state index contributed by atoms with van der Waals surface area (Å²) in [6, 6.07) is 7.65. The summed E-state index contributed by atoms with van der Waals surface area (Å²) >= 11 is 0. The van der Waals surface area contributed by atoms with Crippen LogP contribution < -0.4 is 5.32 Å². The lowest BCUT2D eigenvalue weighted by atomic mass is 10.2. The fourth-order valence-electron chi connectivity index (χ4n) is 1.71. The van der Waals surface area contributed by atoms with Crippen molar-refractivity contribution < 1.29 is 19.0 Å². The molecule has 0 heterocycles. The minimum absolute atomic E-state index is 0.0200. The third-order valence-corrected chi connectivity index (χ3v) is 2.73. The van der Waals surface area contributed by atoms with Gasteiger partial charge in [-0.2, -0.15) is 0 Å². The molecule has 9 heteroatoms. The van der Waals surface area contributed by atoms with Gasteiger partial charge in [0.15, 0.2) is 0 Å². The molecule has 0 aliphatic carbocycles. The van der Waals surface area contributed by atoms with Crippen LogP contribution in [0.1, 0.15) is 10.4 Å². The standard InChI is InChI=1S/C13H8FN3O5/c14-9-3-1-8(2-4-9)13(18)15-10-5-6-11(16(19)20)12(7-10)17(21)22/h1-7H,(H,15,18). The molecule has 8 nitrogen and oxygen atoms in total. The van der Waals surface area contributed by atoms with E-state index >= 15 is 0 Å². The van der Waals surface area contributed by atoms with Crippen LogP contribution in [-0.4, -0.2) is 15.8 Å². The Kier molecular flexibility index (Phi) is 4.07. The summed E-state index contributed by atoms with van der Waals surface area (Å²) < 4.78 is 12.8. The van der Waals surface area contributed by atoms with E-state index in [9.17, 15) is 29.4 Å². The number of hydrogen-bond acceptors (Lipinski definition) is 5. The van der Waals surface area contributed by atoms with Crippen molar-refractivity contribution in [3.8, 4) is 0 Å². The molecule has 0 radical (unpaired) electrons. The molecular weight excluding hydrogens is 297 g/mol. The van der Waals surface area contributed by atoms with Crippen molar-refractivity contribution in [1.82, 2.24) is 0 Å². The Labute approximate surface area is 122 Å². The minimum Gasteiger partial charge on any atom is -0.322 e. The molecule has 0 saturated carbocycles. The Hall–Kier alpha value is -3.36. The van der Waals surface area contributed by atoms with Crippen LogP contribution in [0.25, 0.3) is 0 Å². The highest BCUT2D eigenvalue weighted by atomic mass is 19.1. The number of anilines is 1. The van der Waals surface area contributed by atoms with Crippen molar-refractivity contribution in [1.29, 1.82) is 0 Å². The number of nitrogens with zero attached hydrogens (tertiary/aromatic N) is 2. The van der Waals surface area contributed by atoms with Gasteiger partial charge >= 0.3 is 11.4 Å². The second-order valence-corrected chi connectivity index (χ2v) is 4.18. The van der Waals surface area contributed by atoms with Gasteiger partial charge in [0.2, 0.25) is 0 Å². The molecule has 0 saturated heterocycles. The van der Waals surface area contributed by atoms with Crippen LogP contribution in [-0.2, 0) is 0 Å². The smallest absolute Gasteiger partial charge is 0.322 e. The highest BCUT2D eigenvalue weighted by Crippen LogP contribution is 2.29. The number of nitro groups is 2. The Balaban J connectivity index is 2.28. The molecule has 0 spiro atoms. The number of carbonyl (C=O) groups is 1. The van der Waals surface area contributed by atoms with Gasteiger partial charge in [0.05, 0.1) is 9.85 Å². The first-order valence-electron chi connectivity index (χ1n) is 5.88.